The van der Waals surface area contributed by atoms with Gasteiger partial charge in [-0.1, -0.05) is 20.8 Å². The lowest BCUT2D eigenvalue weighted by Crippen LogP contribution is -2.47. The minimum Gasteiger partial charge on any atom is -0.481 e. The molecule has 0 spiro atoms. The van der Waals surface area contributed by atoms with Crippen LogP contribution in [0.5, 0.6) is 0 Å². The van der Waals surface area contributed by atoms with Crippen molar-refractivity contribution in [3.8, 4) is 0 Å². The molecule has 4 unspecified atom stereocenters. The van der Waals surface area contributed by atoms with Crippen LogP contribution in [0, 0.1) is 17.3 Å². The SMILES string of the molecule is CC1CC(C)(C)CCC1N1CCC(C(=O)O)C1C. The van der Waals surface area contributed by atoms with E-state index in [1.165, 1.54) is 19.3 Å². The summed E-state index contributed by atoms with van der Waals surface area (Å²) in [4.78, 5) is 13.7. The fraction of sp³-hybridized carbons (Fsp3) is 0.933. The van der Waals surface area contributed by atoms with Crippen LogP contribution in [-0.4, -0.2) is 34.6 Å². The van der Waals surface area contributed by atoms with Gasteiger partial charge in [-0.25, -0.2) is 0 Å². The molecule has 1 aliphatic heterocycles. The Morgan fingerprint density at radius 3 is 2.44 bits per heavy atom. The topological polar surface area (TPSA) is 40.5 Å². The minimum atomic E-state index is -0.617. The van der Waals surface area contributed by atoms with Crippen molar-refractivity contribution in [1.82, 2.24) is 4.90 Å². The molecule has 1 N–H and O–H groups in total. The second-order valence-electron chi connectivity index (χ2n) is 7.16. The van der Waals surface area contributed by atoms with Crippen molar-refractivity contribution in [2.24, 2.45) is 17.3 Å². The number of hydrogen-bond acceptors (Lipinski definition) is 2. The Hall–Kier alpha value is -0.570. The van der Waals surface area contributed by atoms with Gasteiger partial charge in [0.1, 0.15) is 0 Å². The number of hydrogen-bond donors (Lipinski definition) is 1. The molecule has 1 aliphatic carbocycles. The lowest BCUT2D eigenvalue weighted by atomic mass is 9.70. The molecule has 4 atom stereocenters. The normalized spacial score (nSPS) is 40.9. The van der Waals surface area contributed by atoms with E-state index in [9.17, 15) is 9.90 Å². The maximum Gasteiger partial charge on any atom is 0.308 e. The molecular formula is C15H27NO2. The highest BCUT2D eigenvalue weighted by Crippen LogP contribution is 2.42. The van der Waals surface area contributed by atoms with Crippen molar-refractivity contribution in [2.75, 3.05) is 6.54 Å². The van der Waals surface area contributed by atoms with Crippen LogP contribution in [0.25, 0.3) is 0 Å². The zero-order valence-electron chi connectivity index (χ0n) is 12.1. The number of carbonyl (C=O) groups is 1. The third kappa shape index (κ3) is 2.56. The standard InChI is InChI=1S/C15H27NO2/c1-10-9-15(3,4)7-5-13(10)16-8-6-12(11(16)2)14(17)18/h10-13H,5-9H2,1-4H3,(H,17,18). The van der Waals surface area contributed by atoms with E-state index in [1.807, 2.05) is 0 Å². The first-order valence-electron chi connectivity index (χ1n) is 7.30. The quantitative estimate of drug-likeness (QED) is 0.822. The molecule has 104 valence electrons. The summed E-state index contributed by atoms with van der Waals surface area (Å²) in [5, 5.41) is 9.22. The molecule has 1 saturated carbocycles. The molecule has 0 aromatic carbocycles. The van der Waals surface area contributed by atoms with Gasteiger partial charge < -0.3 is 5.11 Å². The highest BCUT2D eigenvalue weighted by Gasteiger charge is 2.43. The maximum atomic E-state index is 11.2. The zero-order valence-corrected chi connectivity index (χ0v) is 12.1. The van der Waals surface area contributed by atoms with Gasteiger partial charge in [0.25, 0.3) is 0 Å². The molecule has 0 bridgehead atoms. The van der Waals surface area contributed by atoms with Crippen LogP contribution >= 0.6 is 0 Å². The largest absolute Gasteiger partial charge is 0.481 e. The van der Waals surface area contributed by atoms with Gasteiger partial charge in [0, 0.05) is 12.1 Å². The van der Waals surface area contributed by atoms with Crippen LogP contribution in [-0.2, 0) is 4.79 Å². The lowest BCUT2D eigenvalue weighted by Gasteiger charge is -2.45. The van der Waals surface area contributed by atoms with Crippen molar-refractivity contribution in [3.63, 3.8) is 0 Å². The summed E-state index contributed by atoms with van der Waals surface area (Å²) >= 11 is 0. The van der Waals surface area contributed by atoms with E-state index in [4.69, 9.17) is 0 Å². The average Bonchev–Trinajstić information content (AvgIpc) is 2.59. The average molecular weight is 253 g/mol. The number of rotatable bonds is 2. The van der Waals surface area contributed by atoms with E-state index in [0.29, 0.717) is 17.4 Å². The fourth-order valence-corrected chi connectivity index (χ4v) is 4.19. The van der Waals surface area contributed by atoms with E-state index in [1.54, 1.807) is 0 Å². The lowest BCUT2D eigenvalue weighted by molar-refractivity contribution is -0.142. The number of likely N-dealkylation sites (tertiary alicyclic amines) is 1. The van der Waals surface area contributed by atoms with Gasteiger partial charge in [0.05, 0.1) is 5.92 Å². The Bertz CT molecular complexity index is 326. The molecule has 0 aromatic heterocycles. The fourth-order valence-electron chi connectivity index (χ4n) is 4.19. The Morgan fingerprint density at radius 1 is 1.28 bits per heavy atom. The smallest absolute Gasteiger partial charge is 0.308 e. The van der Waals surface area contributed by atoms with Gasteiger partial charge in [-0.15, -0.1) is 0 Å². The first-order valence-corrected chi connectivity index (χ1v) is 7.30. The summed E-state index contributed by atoms with van der Waals surface area (Å²) in [5.41, 5.74) is 0.463. The molecule has 3 nitrogen and oxygen atoms in total. The van der Waals surface area contributed by atoms with E-state index in [2.05, 4.69) is 32.6 Å². The van der Waals surface area contributed by atoms with E-state index in [-0.39, 0.29) is 12.0 Å². The van der Waals surface area contributed by atoms with Crippen molar-refractivity contribution in [1.29, 1.82) is 0 Å². The maximum absolute atomic E-state index is 11.2. The molecule has 0 aromatic rings. The summed E-state index contributed by atoms with van der Waals surface area (Å²) in [5.74, 6) is -0.0929. The summed E-state index contributed by atoms with van der Waals surface area (Å²) in [6, 6.07) is 0.800. The monoisotopic (exact) mass is 253 g/mol. The third-order valence-electron chi connectivity index (χ3n) is 5.20. The Morgan fingerprint density at radius 2 is 1.94 bits per heavy atom. The first kappa shape index (κ1) is 13.9. The first-order chi connectivity index (χ1) is 8.32. The highest BCUT2D eigenvalue weighted by atomic mass is 16.4. The Labute approximate surface area is 111 Å². The second-order valence-corrected chi connectivity index (χ2v) is 7.16. The number of carboxylic acids is 1. The summed E-state index contributed by atoms with van der Waals surface area (Å²) in [6.07, 6.45) is 4.58. The zero-order chi connectivity index (χ0) is 13.5. The number of aliphatic carboxylic acids is 1. The number of carboxylic acid groups (broad SMARTS) is 1. The van der Waals surface area contributed by atoms with Crippen LogP contribution in [0.3, 0.4) is 0 Å². The molecule has 18 heavy (non-hydrogen) atoms. The predicted octanol–water partition coefficient (Wildman–Crippen LogP) is 3.00. The van der Waals surface area contributed by atoms with Crippen molar-refractivity contribution in [3.05, 3.63) is 0 Å². The molecule has 3 heteroatoms. The summed E-state index contributed by atoms with van der Waals surface area (Å²) in [6.45, 7) is 10.1. The van der Waals surface area contributed by atoms with Crippen molar-refractivity contribution in [2.45, 2.75) is 65.5 Å². The molecule has 2 fully saturated rings. The molecule has 1 saturated heterocycles. The van der Waals surface area contributed by atoms with Crippen LogP contribution in [0.1, 0.15) is 53.4 Å². The molecule has 2 aliphatic rings. The summed E-state index contributed by atoms with van der Waals surface area (Å²) < 4.78 is 0. The van der Waals surface area contributed by atoms with Gasteiger partial charge in [0.2, 0.25) is 0 Å². The van der Waals surface area contributed by atoms with E-state index >= 15 is 0 Å². The van der Waals surface area contributed by atoms with Crippen LogP contribution in [0.15, 0.2) is 0 Å². The molecule has 1 heterocycles. The minimum absolute atomic E-state index is 0.160. The van der Waals surface area contributed by atoms with Gasteiger partial charge in [-0.3, -0.25) is 9.69 Å². The molecule has 0 radical (unpaired) electrons. The van der Waals surface area contributed by atoms with Crippen molar-refractivity contribution < 1.29 is 9.90 Å². The van der Waals surface area contributed by atoms with E-state index < -0.39 is 5.97 Å². The van der Waals surface area contributed by atoms with Crippen LogP contribution in [0.4, 0.5) is 0 Å². The molecular weight excluding hydrogens is 226 g/mol. The Balaban J connectivity index is 2.03. The molecule has 0 amide bonds. The van der Waals surface area contributed by atoms with Gasteiger partial charge in [-0.2, -0.15) is 0 Å². The van der Waals surface area contributed by atoms with Crippen LogP contribution < -0.4 is 0 Å². The number of nitrogens with zero attached hydrogens (tertiary/aromatic N) is 1. The van der Waals surface area contributed by atoms with Gasteiger partial charge in [-0.05, 0) is 50.5 Å². The second kappa shape index (κ2) is 4.84. The Kier molecular flexibility index (Phi) is 3.72. The molecule has 2 rings (SSSR count). The van der Waals surface area contributed by atoms with Crippen molar-refractivity contribution >= 4 is 5.97 Å². The van der Waals surface area contributed by atoms with Crippen LogP contribution in [0.2, 0.25) is 0 Å². The highest BCUT2D eigenvalue weighted by molar-refractivity contribution is 5.71. The van der Waals surface area contributed by atoms with E-state index in [0.717, 1.165) is 13.0 Å². The third-order valence-corrected chi connectivity index (χ3v) is 5.20. The summed E-state index contributed by atoms with van der Waals surface area (Å²) in [7, 11) is 0. The van der Waals surface area contributed by atoms with Gasteiger partial charge in [0.15, 0.2) is 0 Å². The predicted molar refractivity (Wildman–Crippen MR) is 72.5 cm³/mol. The van der Waals surface area contributed by atoms with Gasteiger partial charge >= 0.3 is 5.97 Å².